The summed E-state index contributed by atoms with van der Waals surface area (Å²) in [5, 5.41) is 4.17. The molecule has 8 heteroatoms. The molecule has 23 heavy (non-hydrogen) atoms. The fourth-order valence-electron chi connectivity index (χ4n) is 2.84. The fraction of sp³-hybridized carbons (Fsp3) is 0.467. The van der Waals surface area contributed by atoms with Gasteiger partial charge in [-0.1, -0.05) is 21.9 Å². The number of H-pyrrole nitrogens is 1. The van der Waals surface area contributed by atoms with Crippen LogP contribution in [0.25, 0.3) is 0 Å². The van der Waals surface area contributed by atoms with Gasteiger partial charge in [-0.3, -0.25) is 4.98 Å². The third kappa shape index (κ3) is 3.15. The molecular weight excluding hydrogens is 316 g/mol. The van der Waals surface area contributed by atoms with Crippen molar-refractivity contribution in [1.29, 1.82) is 0 Å². The van der Waals surface area contributed by atoms with Crippen LogP contribution in [0.5, 0.6) is 0 Å². The minimum atomic E-state index is -3.45. The molecule has 2 aromatic rings. The van der Waals surface area contributed by atoms with Crippen molar-refractivity contribution >= 4 is 10.4 Å². The van der Waals surface area contributed by atoms with Gasteiger partial charge in [0, 0.05) is 26.1 Å². The van der Waals surface area contributed by atoms with Gasteiger partial charge in [0.25, 0.3) is 0 Å². The lowest BCUT2D eigenvalue weighted by Gasteiger charge is -2.32. The van der Waals surface area contributed by atoms with Gasteiger partial charge < -0.3 is 4.55 Å². The maximum absolute atomic E-state index is 12.6. The summed E-state index contributed by atoms with van der Waals surface area (Å²) >= 11 is 0. The van der Waals surface area contributed by atoms with Crippen LogP contribution in [0.2, 0.25) is 0 Å². The predicted molar refractivity (Wildman–Crippen MR) is 85.7 cm³/mol. The van der Waals surface area contributed by atoms with Gasteiger partial charge in [0.2, 0.25) is 0 Å². The van der Waals surface area contributed by atoms with Crippen molar-refractivity contribution in [2.45, 2.75) is 30.6 Å². The number of hydrogen-bond acceptors (Lipinski definition) is 4. The molecule has 2 heterocycles. The summed E-state index contributed by atoms with van der Waals surface area (Å²) < 4.78 is 28.1. The first kappa shape index (κ1) is 16.1. The van der Waals surface area contributed by atoms with Crippen molar-refractivity contribution in [2.24, 2.45) is 7.05 Å². The quantitative estimate of drug-likeness (QED) is 0.852. The van der Waals surface area contributed by atoms with E-state index in [0.717, 1.165) is 5.56 Å². The molecular formula is C15H20N4O3S. The largest absolute Gasteiger partial charge is 0.593 e. The van der Waals surface area contributed by atoms with Gasteiger partial charge in [0.1, 0.15) is 5.82 Å². The van der Waals surface area contributed by atoms with Crippen LogP contribution in [-0.2, 0) is 21.7 Å². The van der Waals surface area contributed by atoms with E-state index in [1.54, 1.807) is 31.3 Å². The lowest BCUT2D eigenvalue weighted by Crippen LogP contribution is -2.41. The summed E-state index contributed by atoms with van der Waals surface area (Å²) in [7, 11) is -1.86. The fourth-order valence-corrected chi connectivity index (χ4v) is 4.30. The van der Waals surface area contributed by atoms with Gasteiger partial charge in [-0.25, -0.2) is 9.48 Å². The van der Waals surface area contributed by atoms with Crippen LogP contribution < -0.4 is 5.69 Å². The first-order valence-electron chi connectivity index (χ1n) is 7.58. The zero-order chi connectivity index (χ0) is 16.6. The van der Waals surface area contributed by atoms with E-state index in [9.17, 15) is 13.6 Å². The van der Waals surface area contributed by atoms with Crippen LogP contribution >= 0.6 is 0 Å². The first-order valence-corrected chi connectivity index (χ1v) is 9.02. The first-order chi connectivity index (χ1) is 10.9. The van der Waals surface area contributed by atoms with Crippen molar-refractivity contribution in [3.63, 3.8) is 0 Å². The molecule has 1 atom stereocenters. The van der Waals surface area contributed by atoms with Gasteiger partial charge in [0.05, 0.1) is 0 Å². The Morgan fingerprint density at radius 1 is 1.26 bits per heavy atom. The maximum Gasteiger partial charge on any atom is 0.343 e. The number of hydrogen-bond donors (Lipinski definition) is 1. The molecule has 0 radical (unpaired) electrons. The van der Waals surface area contributed by atoms with E-state index in [2.05, 4.69) is 10.1 Å². The Bertz CT molecular complexity index is 788. The molecule has 7 nitrogen and oxygen atoms in total. The van der Waals surface area contributed by atoms with Crippen molar-refractivity contribution < 1.29 is 8.76 Å². The van der Waals surface area contributed by atoms with Gasteiger partial charge in [-0.2, -0.15) is 5.10 Å². The highest BCUT2D eigenvalue weighted by molar-refractivity contribution is 7.95. The number of aryl methyl sites for hydroxylation is 2. The van der Waals surface area contributed by atoms with Crippen molar-refractivity contribution in [1.82, 2.24) is 19.1 Å². The lowest BCUT2D eigenvalue weighted by molar-refractivity contribution is 0.287. The summed E-state index contributed by atoms with van der Waals surface area (Å²) in [6.45, 7) is 2.79. The maximum atomic E-state index is 12.6. The van der Waals surface area contributed by atoms with E-state index in [1.807, 2.05) is 6.92 Å². The van der Waals surface area contributed by atoms with Gasteiger partial charge >= 0.3 is 5.69 Å². The van der Waals surface area contributed by atoms with Gasteiger partial charge in [-0.15, -0.1) is 4.31 Å². The number of aromatic amines is 1. The van der Waals surface area contributed by atoms with Crippen molar-refractivity contribution in [3.8, 4) is 0 Å². The van der Waals surface area contributed by atoms with Crippen LogP contribution in [0.15, 0.2) is 34.0 Å². The second-order valence-corrected chi connectivity index (χ2v) is 7.87. The number of nitrogens with zero attached hydrogens (tertiary/aromatic N) is 3. The van der Waals surface area contributed by atoms with Crippen LogP contribution in [0, 0.1) is 6.92 Å². The highest BCUT2D eigenvalue weighted by Crippen LogP contribution is 2.30. The summed E-state index contributed by atoms with van der Waals surface area (Å²) in [5.41, 5.74) is 0.788. The van der Waals surface area contributed by atoms with E-state index in [1.165, 1.54) is 8.99 Å². The topological polar surface area (TPSA) is 94.0 Å². The van der Waals surface area contributed by atoms with E-state index in [0.29, 0.717) is 36.7 Å². The molecule has 0 amide bonds. The Morgan fingerprint density at radius 3 is 2.39 bits per heavy atom. The number of piperidine rings is 1. The molecule has 1 aliphatic rings. The Morgan fingerprint density at radius 2 is 1.87 bits per heavy atom. The van der Waals surface area contributed by atoms with Crippen LogP contribution in [0.4, 0.5) is 0 Å². The van der Waals surface area contributed by atoms with E-state index in [-0.39, 0.29) is 11.6 Å². The Hall–Kier alpha value is -1.77. The molecule has 1 fully saturated rings. The van der Waals surface area contributed by atoms with E-state index in [4.69, 9.17) is 0 Å². The average molecular weight is 336 g/mol. The Kier molecular flexibility index (Phi) is 4.22. The minimum absolute atomic E-state index is 0.0911. The molecule has 0 saturated carbocycles. The predicted octanol–water partition coefficient (Wildman–Crippen LogP) is 1.20. The van der Waals surface area contributed by atoms with E-state index >= 15 is 0 Å². The van der Waals surface area contributed by atoms with Crippen LogP contribution in [-0.4, -0.2) is 36.7 Å². The standard InChI is InChI=1S/C15H20N4O3S/c1-11-3-5-13(6-4-11)23(21,22)19-9-7-12(8-10-19)14-16-15(20)18(2)17-14/h3-6,12H,7-10H2,1-2H3,(H-,16,17,20,21,22). The number of nitrogens with one attached hydrogen (secondary N) is 1. The normalized spacial score (nSPS) is 19.6. The molecule has 1 N–H and O–H groups in total. The smallest absolute Gasteiger partial charge is 0.343 e. The molecule has 1 aliphatic heterocycles. The van der Waals surface area contributed by atoms with Crippen LogP contribution in [0.1, 0.15) is 30.1 Å². The molecule has 0 spiro atoms. The number of benzene rings is 1. The number of aromatic nitrogens is 3. The summed E-state index contributed by atoms with van der Waals surface area (Å²) in [4.78, 5) is 14.5. The molecule has 1 aromatic heterocycles. The van der Waals surface area contributed by atoms with Crippen molar-refractivity contribution in [2.75, 3.05) is 13.1 Å². The molecule has 1 saturated heterocycles. The SMILES string of the molecule is Cc1ccc([S+](=O)([O-])N2CCC(c3nn(C)c(=O)[nH]3)CC2)cc1. The monoisotopic (exact) mass is 336 g/mol. The van der Waals surface area contributed by atoms with Gasteiger partial charge in [0.15, 0.2) is 15.3 Å². The summed E-state index contributed by atoms with van der Waals surface area (Å²) in [6, 6.07) is 6.90. The second-order valence-electron chi connectivity index (χ2n) is 5.93. The summed E-state index contributed by atoms with van der Waals surface area (Å²) in [5.74, 6) is 0.734. The zero-order valence-corrected chi connectivity index (χ0v) is 14.0. The Balaban J connectivity index is 1.71. The third-order valence-corrected chi connectivity index (χ3v) is 6.20. The molecule has 3 rings (SSSR count). The lowest BCUT2D eigenvalue weighted by atomic mass is 9.98. The van der Waals surface area contributed by atoms with Gasteiger partial charge in [-0.05, 0) is 31.9 Å². The Labute approximate surface area is 135 Å². The average Bonchev–Trinajstić information content (AvgIpc) is 2.87. The molecule has 1 unspecified atom stereocenters. The van der Waals surface area contributed by atoms with Crippen molar-refractivity contribution in [3.05, 3.63) is 46.1 Å². The highest BCUT2D eigenvalue weighted by Gasteiger charge is 2.35. The molecule has 124 valence electrons. The number of sulfonamides is 1. The molecule has 1 aromatic carbocycles. The minimum Gasteiger partial charge on any atom is -0.593 e. The molecule has 0 aliphatic carbocycles. The number of rotatable bonds is 3. The second kappa shape index (κ2) is 6.03. The van der Waals surface area contributed by atoms with E-state index < -0.39 is 10.4 Å². The third-order valence-electron chi connectivity index (χ3n) is 4.29. The van der Waals surface area contributed by atoms with Crippen LogP contribution in [0.3, 0.4) is 0 Å². The highest BCUT2D eigenvalue weighted by atomic mass is 32.3. The summed E-state index contributed by atoms with van der Waals surface area (Å²) in [6.07, 6.45) is 1.30. The molecule has 0 bridgehead atoms. The zero-order valence-electron chi connectivity index (χ0n) is 13.2.